The van der Waals surface area contributed by atoms with Gasteiger partial charge in [0.2, 0.25) is 0 Å². The van der Waals surface area contributed by atoms with E-state index >= 15 is 0 Å². The van der Waals surface area contributed by atoms with Gasteiger partial charge in [0.15, 0.2) is 0 Å². The SMILES string of the molecule is Cc1nc(=O)n(CCc2ccccn2)c2ccccc12. The Bertz CT molecular complexity index is 794. The number of fused-ring (bicyclic) bond motifs is 1. The molecule has 0 atom stereocenters. The van der Waals surface area contributed by atoms with Crippen molar-refractivity contribution in [3.8, 4) is 0 Å². The number of hydrogen-bond acceptors (Lipinski definition) is 3. The molecule has 3 rings (SSSR count). The Morgan fingerprint density at radius 1 is 1.10 bits per heavy atom. The Morgan fingerprint density at radius 2 is 1.90 bits per heavy atom. The van der Waals surface area contributed by atoms with Crippen LogP contribution in [-0.2, 0) is 13.0 Å². The molecule has 0 aliphatic carbocycles. The fourth-order valence-corrected chi connectivity index (χ4v) is 2.37. The third-order valence-corrected chi connectivity index (χ3v) is 3.40. The lowest BCUT2D eigenvalue weighted by Gasteiger charge is -2.10. The first-order valence-corrected chi connectivity index (χ1v) is 6.62. The third kappa shape index (κ3) is 2.32. The smallest absolute Gasteiger partial charge is 0.292 e. The van der Waals surface area contributed by atoms with Crippen LogP contribution in [0.1, 0.15) is 11.4 Å². The van der Waals surface area contributed by atoms with E-state index in [-0.39, 0.29) is 5.69 Å². The van der Waals surface area contributed by atoms with E-state index in [1.807, 2.05) is 49.4 Å². The van der Waals surface area contributed by atoms with Gasteiger partial charge in [-0.3, -0.25) is 9.55 Å². The largest absolute Gasteiger partial charge is 0.348 e. The first-order chi connectivity index (χ1) is 9.75. The van der Waals surface area contributed by atoms with Crippen LogP contribution in [0, 0.1) is 6.92 Å². The molecule has 0 fully saturated rings. The number of aromatic nitrogens is 3. The molecule has 0 spiro atoms. The zero-order valence-corrected chi connectivity index (χ0v) is 11.3. The van der Waals surface area contributed by atoms with Gasteiger partial charge in [-0.2, -0.15) is 4.98 Å². The van der Waals surface area contributed by atoms with E-state index in [1.54, 1.807) is 10.8 Å². The summed E-state index contributed by atoms with van der Waals surface area (Å²) in [6.45, 7) is 2.45. The van der Waals surface area contributed by atoms with Gasteiger partial charge in [0.1, 0.15) is 0 Å². The molecule has 0 saturated carbocycles. The van der Waals surface area contributed by atoms with E-state index in [9.17, 15) is 4.79 Å². The van der Waals surface area contributed by atoms with Crippen molar-refractivity contribution in [2.75, 3.05) is 0 Å². The Morgan fingerprint density at radius 3 is 2.70 bits per heavy atom. The van der Waals surface area contributed by atoms with Gasteiger partial charge < -0.3 is 0 Å². The molecular weight excluding hydrogens is 250 g/mol. The van der Waals surface area contributed by atoms with Crippen LogP contribution in [0.25, 0.3) is 10.9 Å². The van der Waals surface area contributed by atoms with Crippen molar-refractivity contribution >= 4 is 10.9 Å². The molecule has 0 unspecified atom stereocenters. The lowest BCUT2D eigenvalue weighted by molar-refractivity contribution is 0.664. The number of para-hydroxylation sites is 1. The first-order valence-electron chi connectivity index (χ1n) is 6.62. The lowest BCUT2D eigenvalue weighted by atomic mass is 10.2. The van der Waals surface area contributed by atoms with Gasteiger partial charge in [-0.15, -0.1) is 0 Å². The Labute approximate surface area is 116 Å². The van der Waals surface area contributed by atoms with Crippen molar-refractivity contribution in [3.63, 3.8) is 0 Å². The van der Waals surface area contributed by atoms with Crippen molar-refractivity contribution in [3.05, 3.63) is 70.5 Å². The minimum Gasteiger partial charge on any atom is -0.292 e. The highest BCUT2D eigenvalue weighted by Crippen LogP contribution is 2.14. The van der Waals surface area contributed by atoms with E-state index in [0.29, 0.717) is 6.54 Å². The zero-order chi connectivity index (χ0) is 13.9. The normalized spacial score (nSPS) is 10.8. The second-order valence-electron chi connectivity index (χ2n) is 4.72. The maximum Gasteiger partial charge on any atom is 0.348 e. The molecule has 0 aliphatic rings. The van der Waals surface area contributed by atoms with Crippen molar-refractivity contribution in [1.29, 1.82) is 0 Å². The Kier molecular flexibility index (Phi) is 3.29. The number of pyridine rings is 1. The first kappa shape index (κ1) is 12.5. The van der Waals surface area contributed by atoms with Gasteiger partial charge in [-0.1, -0.05) is 24.3 Å². The number of benzene rings is 1. The molecule has 1 aromatic carbocycles. The summed E-state index contributed by atoms with van der Waals surface area (Å²) < 4.78 is 1.72. The molecule has 0 radical (unpaired) electrons. The van der Waals surface area contributed by atoms with Crippen molar-refractivity contribution in [1.82, 2.24) is 14.5 Å². The monoisotopic (exact) mass is 265 g/mol. The molecule has 0 amide bonds. The van der Waals surface area contributed by atoms with Gasteiger partial charge in [-0.05, 0) is 25.1 Å². The summed E-state index contributed by atoms with van der Waals surface area (Å²) in [5.41, 5.74) is 2.49. The topological polar surface area (TPSA) is 47.8 Å². The lowest BCUT2D eigenvalue weighted by Crippen LogP contribution is -2.25. The molecule has 0 bridgehead atoms. The second-order valence-corrected chi connectivity index (χ2v) is 4.72. The zero-order valence-electron chi connectivity index (χ0n) is 11.3. The summed E-state index contributed by atoms with van der Waals surface area (Å²) in [6.07, 6.45) is 2.49. The average Bonchev–Trinajstić information content (AvgIpc) is 2.48. The predicted molar refractivity (Wildman–Crippen MR) is 78.7 cm³/mol. The van der Waals surface area contributed by atoms with E-state index in [2.05, 4.69) is 9.97 Å². The summed E-state index contributed by atoms with van der Waals surface area (Å²) in [7, 11) is 0. The molecule has 0 N–H and O–H groups in total. The van der Waals surface area contributed by atoms with Crippen molar-refractivity contribution in [2.45, 2.75) is 19.9 Å². The second kappa shape index (κ2) is 5.25. The molecule has 3 aromatic rings. The molecule has 4 nitrogen and oxygen atoms in total. The van der Waals surface area contributed by atoms with Crippen LogP contribution in [0.5, 0.6) is 0 Å². The van der Waals surface area contributed by atoms with Crippen molar-refractivity contribution in [2.24, 2.45) is 0 Å². The number of hydrogen-bond donors (Lipinski definition) is 0. The Balaban J connectivity index is 2.01. The van der Waals surface area contributed by atoms with Crippen LogP contribution >= 0.6 is 0 Å². The molecule has 20 heavy (non-hydrogen) atoms. The summed E-state index contributed by atoms with van der Waals surface area (Å²) >= 11 is 0. The third-order valence-electron chi connectivity index (χ3n) is 3.40. The van der Waals surface area contributed by atoms with E-state index in [4.69, 9.17) is 0 Å². The van der Waals surface area contributed by atoms with Crippen LogP contribution in [0.3, 0.4) is 0 Å². The highest BCUT2D eigenvalue weighted by Gasteiger charge is 2.07. The summed E-state index contributed by atoms with van der Waals surface area (Å²) in [6, 6.07) is 13.7. The minimum atomic E-state index is -0.197. The van der Waals surface area contributed by atoms with Crippen LogP contribution in [0.2, 0.25) is 0 Å². The number of nitrogens with zero attached hydrogens (tertiary/aromatic N) is 3. The van der Waals surface area contributed by atoms with E-state index < -0.39 is 0 Å². The van der Waals surface area contributed by atoms with Gasteiger partial charge in [-0.25, -0.2) is 4.79 Å². The molecule has 0 saturated heterocycles. The molecular formula is C16H15N3O. The fraction of sp³-hybridized carbons (Fsp3) is 0.188. The van der Waals surface area contributed by atoms with Gasteiger partial charge in [0.05, 0.1) is 11.2 Å². The average molecular weight is 265 g/mol. The van der Waals surface area contributed by atoms with Gasteiger partial charge >= 0.3 is 5.69 Å². The van der Waals surface area contributed by atoms with E-state index in [1.165, 1.54) is 0 Å². The quantitative estimate of drug-likeness (QED) is 0.730. The highest BCUT2D eigenvalue weighted by atomic mass is 16.1. The molecule has 2 heterocycles. The fourth-order valence-electron chi connectivity index (χ4n) is 2.37. The maximum atomic E-state index is 12.1. The minimum absolute atomic E-state index is 0.197. The standard InChI is InChI=1S/C16H15N3O/c1-12-14-7-2-3-8-15(14)19(16(20)18-12)11-9-13-6-4-5-10-17-13/h2-8,10H,9,11H2,1H3. The number of rotatable bonds is 3. The van der Waals surface area contributed by atoms with E-state index in [0.717, 1.165) is 28.7 Å². The van der Waals surface area contributed by atoms with Crippen LogP contribution in [0.15, 0.2) is 53.5 Å². The molecule has 4 heteroatoms. The van der Waals surface area contributed by atoms with Gasteiger partial charge in [0, 0.05) is 30.2 Å². The summed E-state index contributed by atoms with van der Waals surface area (Å²) in [5.74, 6) is 0. The summed E-state index contributed by atoms with van der Waals surface area (Å²) in [4.78, 5) is 20.5. The highest BCUT2D eigenvalue weighted by molar-refractivity contribution is 5.80. The van der Waals surface area contributed by atoms with Crippen molar-refractivity contribution < 1.29 is 0 Å². The molecule has 100 valence electrons. The predicted octanol–water partition coefficient (Wildman–Crippen LogP) is 2.34. The maximum absolute atomic E-state index is 12.1. The van der Waals surface area contributed by atoms with Crippen LogP contribution in [0.4, 0.5) is 0 Å². The summed E-state index contributed by atoms with van der Waals surface area (Å²) in [5, 5.41) is 1.02. The number of aryl methyl sites for hydroxylation is 3. The Hall–Kier alpha value is -2.49. The van der Waals surface area contributed by atoms with Crippen LogP contribution < -0.4 is 5.69 Å². The van der Waals surface area contributed by atoms with Crippen LogP contribution in [-0.4, -0.2) is 14.5 Å². The van der Waals surface area contributed by atoms with Gasteiger partial charge in [0.25, 0.3) is 0 Å². The molecule has 2 aromatic heterocycles. The molecule has 0 aliphatic heterocycles.